The molecule has 25 heavy (non-hydrogen) atoms. The van der Waals surface area contributed by atoms with Crippen molar-refractivity contribution in [2.75, 3.05) is 13.7 Å². The molecule has 0 unspecified atom stereocenters. The number of hydrogen-bond donors (Lipinski definition) is 2. The second-order valence-electron chi connectivity index (χ2n) is 6.50. The van der Waals surface area contributed by atoms with E-state index in [1.807, 2.05) is 12.1 Å². The highest BCUT2D eigenvalue weighted by molar-refractivity contribution is 5.99. The third-order valence-corrected chi connectivity index (χ3v) is 4.87. The largest absolute Gasteiger partial charge is 0.493 e. The third-order valence-electron chi connectivity index (χ3n) is 4.87. The van der Waals surface area contributed by atoms with Crippen LogP contribution in [0, 0.1) is 5.92 Å². The zero-order valence-corrected chi connectivity index (χ0v) is 14.3. The van der Waals surface area contributed by atoms with Crippen LogP contribution in [0.25, 0.3) is 6.08 Å². The first-order valence-corrected chi connectivity index (χ1v) is 8.64. The summed E-state index contributed by atoms with van der Waals surface area (Å²) in [6.45, 7) is 0.143. The molecule has 2 atom stereocenters. The molecule has 2 N–H and O–H groups in total. The molecular formula is C19H23NO5. The maximum atomic E-state index is 12.6. The fraction of sp³-hybridized carbons (Fsp3) is 0.474. The molecule has 0 aromatic heterocycles. The molecule has 1 aliphatic heterocycles. The lowest BCUT2D eigenvalue weighted by Gasteiger charge is -2.25. The molecule has 134 valence electrons. The van der Waals surface area contributed by atoms with Crippen LogP contribution < -0.4 is 14.8 Å². The van der Waals surface area contributed by atoms with Crippen molar-refractivity contribution < 1.29 is 24.2 Å². The van der Waals surface area contributed by atoms with Gasteiger partial charge in [-0.15, -0.1) is 0 Å². The number of benzene rings is 1. The summed E-state index contributed by atoms with van der Waals surface area (Å²) in [4.78, 5) is 24.1. The van der Waals surface area contributed by atoms with E-state index >= 15 is 0 Å². The number of methoxy groups -OCH3 is 1. The lowest BCUT2D eigenvalue weighted by Crippen LogP contribution is -2.44. The molecule has 0 spiro atoms. The minimum Gasteiger partial charge on any atom is -0.493 e. The zero-order valence-electron chi connectivity index (χ0n) is 14.3. The van der Waals surface area contributed by atoms with Gasteiger partial charge < -0.3 is 19.9 Å². The molecule has 3 rings (SSSR count). The zero-order chi connectivity index (χ0) is 17.8. The van der Waals surface area contributed by atoms with Crippen molar-refractivity contribution in [3.63, 3.8) is 0 Å². The maximum absolute atomic E-state index is 12.6. The predicted molar refractivity (Wildman–Crippen MR) is 92.6 cm³/mol. The molecule has 1 aromatic carbocycles. The van der Waals surface area contributed by atoms with Crippen LogP contribution in [0.15, 0.2) is 23.8 Å². The molecule has 0 saturated heterocycles. The number of rotatable bonds is 4. The average molecular weight is 345 g/mol. The normalized spacial score (nSPS) is 22.7. The fourth-order valence-corrected chi connectivity index (χ4v) is 3.51. The molecule has 6 nitrogen and oxygen atoms in total. The number of carboxylic acid groups (broad SMARTS) is 1. The molecule has 0 radical (unpaired) electrons. The summed E-state index contributed by atoms with van der Waals surface area (Å²) < 4.78 is 11.0. The van der Waals surface area contributed by atoms with Crippen molar-refractivity contribution in [3.8, 4) is 11.5 Å². The summed E-state index contributed by atoms with van der Waals surface area (Å²) in [7, 11) is 1.57. The number of aliphatic carboxylic acids is 1. The number of amides is 1. The Hall–Kier alpha value is -2.50. The topological polar surface area (TPSA) is 84.9 Å². The molecule has 1 aliphatic carbocycles. The van der Waals surface area contributed by atoms with Crippen molar-refractivity contribution in [3.05, 3.63) is 29.3 Å². The second-order valence-corrected chi connectivity index (χ2v) is 6.50. The van der Waals surface area contributed by atoms with E-state index in [1.165, 1.54) is 0 Å². The van der Waals surface area contributed by atoms with Crippen LogP contribution in [-0.4, -0.2) is 36.7 Å². The number of hydrogen-bond acceptors (Lipinski definition) is 4. The van der Waals surface area contributed by atoms with Gasteiger partial charge in [-0.3, -0.25) is 9.59 Å². The number of para-hydroxylation sites is 1. The fourth-order valence-electron chi connectivity index (χ4n) is 3.51. The van der Waals surface area contributed by atoms with E-state index in [-0.39, 0.29) is 18.6 Å². The Balaban J connectivity index is 1.76. The smallest absolute Gasteiger partial charge is 0.308 e. The molecule has 6 heteroatoms. The van der Waals surface area contributed by atoms with Crippen LogP contribution in [0.3, 0.4) is 0 Å². The lowest BCUT2D eigenvalue weighted by molar-refractivity contribution is -0.143. The summed E-state index contributed by atoms with van der Waals surface area (Å²) in [6, 6.07) is 5.17. The van der Waals surface area contributed by atoms with Crippen LogP contribution in [0.2, 0.25) is 0 Å². The van der Waals surface area contributed by atoms with E-state index in [4.69, 9.17) is 9.47 Å². The van der Waals surface area contributed by atoms with Crippen LogP contribution in [0.5, 0.6) is 11.5 Å². The molecule has 1 aromatic rings. The number of ether oxygens (including phenoxy) is 2. The minimum atomic E-state index is -0.837. The van der Waals surface area contributed by atoms with Crippen molar-refractivity contribution in [1.29, 1.82) is 0 Å². The minimum absolute atomic E-state index is 0.143. The van der Waals surface area contributed by atoms with Gasteiger partial charge in [-0.2, -0.15) is 0 Å². The van der Waals surface area contributed by atoms with Gasteiger partial charge in [0.25, 0.3) is 5.91 Å². The van der Waals surface area contributed by atoms with Crippen LogP contribution in [0.1, 0.15) is 37.7 Å². The highest BCUT2D eigenvalue weighted by Crippen LogP contribution is 2.35. The summed E-state index contributed by atoms with van der Waals surface area (Å²) in [5.41, 5.74) is 1.28. The van der Waals surface area contributed by atoms with Gasteiger partial charge in [-0.05, 0) is 25.0 Å². The van der Waals surface area contributed by atoms with E-state index < -0.39 is 11.9 Å². The Bertz CT molecular complexity index is 697. The van der Waals surface area contributed by atoms with E-state index in [0.717, 1.165) is 24.8 Å². The molecule has 0 bridgehead atoms. The standard InChI is InChI=1S/C19H23NO5/c1-24-16-9-5-6-12-10-13(11-25-17(12)16)18(21)20-15-8-4-2-3-7-14(15)19(22)23/h5-6,9-10,14-15H,2-4,7-8,11H2,1H3,(H,20,21)(H,22,23)/t14-,15+/m1/s1. The first-order valence-electron chi connectivity index (χ1n) is 8.64. The first-order chi connectivity index (χ1) is 12.1. The summed E-state index contributed by atoms with van der Waals surface area (Å²) in [5, 5.41) is 12.4. The average Bonchev–Trinajstić information content (AvgIpc) is 2.86. The number of carboxylic acids is 1. The highest BCUT2D eigenvalue weighted by Gasteiger charge is 2.31. The molecule has 1 amide bonds. The molecule has 1 fully saturated rings. The third kappa shape index (κ3) is 3.78. The van der Waals surface area contributed by atoms with Gasteiger partial charge in [0.05, 0.1) is 18.6 Å². The summed E-state index contributed by atoms with van der Waals surface area (Å²) in [5.74, 6) is -0.367. The van der Waals surface area contributed by atoms with Gasteiger partial charge in [0.1, 0.15) is 6.61 Å². The van der Waals surface area contributed by atoms with E-state index in [2.05, 4.69) is 5.32 Å². The Morgan fingerprint density at radius 3 is 2.80 bits per heavy atom. The summed E-state index contributed by atoms with van der Waals surface area (Å²) in [6.07, 6.45) is 5.92. The quantitative estimate of drug-likeness (QED) is 0.820. The van der Waals surface area contributed by atoms with Gasteiger partial charge in [-0.1, -0.05) is 31.4 Å². The molecule has 1 saturated carbocycles. The van der Waals surface area contributed by atoms with Crippen molar-refractivity contribution in [2.24, 2.45) is 5.92 Å². The lowest BCUT2D eigenvalue weighted by atomic mass is 9.94. The predicted octanol–water partition coefficient (Wildman–Crippen LogP) is 2.62. The number of nitrogens with one attached hydrogen (secondary N) is 1. The first kappa shape index (κ1) is 17.3. The van der Waals surface area contributed by atoms with Gasteiger partial charge in [0, 0.05) is 11.6 Å². The Morgan fingerprint density at radius 1 is 1.24 bits per heavy atom. The van der Waals surface area contributed by atoms with Crippen molar-refractivity contribution in [1.82, 2.24) is 5.32 Å². The van der Waals surface area contributed by atoms with Crippen molar-refractivity contribution in [2.45, 2.75) is 38.1 Å². The highest BCUT2D eigenvalue weighted by atomic mass is 16.5. The number of carbonyl (C=O) groups excluding carboxylic acids is 1. The van der Waals surface area contributed by atoms with Gasteiger partial charge >= 0.3 is 5.97 Å². The van der Waals surface area contributed by atoms with Crippen molar-refractivity contribution >= 4 is 18.0 Å². The monoisotopic (exact) mass is 345 g/mol. The maximum Gasteiger partial charge on any atom is 0.308 e. The van der Waals surface area contributed by atoms with E-state index in [1.54, 1.807) is 19.3 Å². The molecular weight excluding hydrogens is 322 g/mol. The van der Waals surface area contributed by atoms with Crippen LogP contribution >= 0.6 is 0 Å². The Labute approximate surface area is 146 Å². The van der Waals surface area contributed by atoms with E-state index in [0.29, 0.717) is 29.9 Å². The molecule has 2 aliphatic rings. The van der Waals surface area contributed by atoms with E-state index in [9.17, 15) is 14.7 Å². The number of fused-ring (bicyclic) bond motifs is 1. The number of carbonyl (C=O) groups is 2. The summed E-state index contributed by atoms with van der Waals surface area (Å²) >= 11 is 0. The van der Waals surface area contributed by atoms with Gasteiger partial charge in [0.15, 0.2) is 11.5 Å². The van der Waals surface area contributed by atoms with Gasteiger partial charge in [-0.25, -0.2) is 0 Å². The Kier molecular flexibility index (Phi) is 5.26. The second kappa shape index (κ2) is 7.59. The Morgan fingerprint density at radius 2 is 2.04 bits per heavy atom. The van der Waals surface area contributed by atoms with Crippen LogP contribution in [-0.2, 0) is 9.59 Å². The van der Waals surface area contributed by atoms with Crippen LogP contribution in [0.4, 0.5) is 0 Å². The van der Waals surface area contributed by atoms with Gasteiger partial charge in [0.2, 0.25) is 0 Å². The molecule has 1 heterocycles. The SMILES string of the molecule is COc1cccc2c1OCC(C(=O)N[C@H]1CCCCC[C@H]1C(=O)O)=C2.